The molecule has 0 bridgehead atoms. The van der Waals surface area contributed by atoms with Gasteiger partial charge in [0.15, 0.2) is 11.5 Å². The van der Waals surface area contributed by atoms with Gasteiger partial charge in [0.1, 0.15) is 0 Å². The molecule has 0 aliphatic carbocycles. The fourth-order valence-corrected chi connectivity index (χ4v) is 3.43. The van der Waals surface area contributed by atoms with Gasteiger partial charge in [-0.1, -0.05) is 18.2 Å². The largest absolute Gasteiger partial charge is 0.336 e. The number of H-pyrrole nitrogens is 1. The van der Waals surface area contributed by atoms with E-state index in [-0.39, 0.29) is 0 Å². The molecule has 3 heterocycles. The molecule has 0 fully saturated rings. The van der Waals surface area contributed by atoms with E-state index in [2.05, 4.69) is 61.2 Å². The molecule has 5 heteroatoms. The van der Waals surface area contributed by atoms with Crippen LogP contribution in [0.5, 0.6) is 0 Å². The molecule has 1 aromatic carbocycles. The first-order valence-electron chi connectivity index (χ1n) is 5.80. The van der Waals surface area contributed by atoms with Crippen molar-refractivity contribution in [3.63, 3.8) is 0 Å². The lowest BCUT2D eigenvalue weighted by molar-refractivity contribution is 1.31. The normalized spacial score (nSPS) is 11.4. The van der Waals surface area contributed by atoms with Gasteiger partial charge in [0.2, 0.25) is 0 Å². The molecule has 3 nitrogen and oxygen atoms in total. The zero-order valence-electron chi connectivity index (χ0n) is 9.72. The summed E-state index contributed by atoms with van der Waals surface area (Å²) in [5.41, 5.74) is 1.69. The first kappa shape index (κ1) is 11.1. The molecule has 0 amide bonds. The maximum absolute atomic E-state index is 4.54. The van der Waals surface area contributed by atoms with E-state index >= 15 is 0 Å². The summed E-state index contributed by atoms with van der Waals surface area (Å²) in [6, 6.07) is 12.5. The quantitative estimate of drug-likeness (QED) is 0.554. The Balaban J connectivity index is 1.93. The van der Waals surface area contributed by atoms with E-state index in [1.165, 1.54) is 10.1 Å². The maximum Gasteiger partial charge on any atom is 0.178 e. The Hall–Kier alpha value is -1.72. The van der Waals surface area contributed by atoms with Crippen LogP contribution in [-0.2, 0) is 0 Å². The Bertz CT molecular complexity index is 861. The fourth-order valence-electron chi connectivity index (χ4n) is 2.09. The average Bonchev–Trinajstić information content (AvgIpc) is 3.00. The summed E-state index contributed by atoms with van der Waals surface area (Å²) in [7, 11) is 0. The SMILES string of the molecule is Brc1cnc2nc(-c3cc4ccccc4s3)[nH]c2c1. The topological polar surface area (TPSA) is 41.6 Å². The number of aromatic nitrogens is 3. The van der Waals surface area contributed by atoms with Gasteiger partial charge in [-0.25, -0.2) is 9.97 Å². The van der Waals surface area contributed by atoms with Crippen LogP contribution in [0.25, 0.3) is 32.0 Å². The van der Waals surface area contributed by atoms with Crippen LogP contribution in [0.4, 0.5) is 0 Å². The third-order valence-corrected chi connectivity index (χ3v) is 4.52. The highest BCUT2D eigenvalue weighted by atomic mass is 79.9. The smallest absolute Gasteiger partial charge is 0.178 e. The minimum atomic E-state index is 0.746. The first-order chi connectivity index (χ1) is 9.29. The van der Waals surface area contributed by atoms with E-state index < -0.39 is 0 Å². The maximum atomic E-state index is 4.54. The molecule has 4 rings (SSSR count). The molecule has 0 spiro atoms. The standard InChI is InChI=1S/C14H8BrN3S/c15-9-6-10-13(16-7-9)18-14(17-10)12-5-8-3-1-2-4-11(8)19-12/h1-7H,(H,16,17,18). The number of hydrogen-bond acceptors (Lipinski definition) is 3. The van der Waals surface area contributed by atoms with Crippen LogP contribution < -0.4 is 0 Å². The van der Waals surface area contributed by atoms with Crippen molar-refractivity contribution in [2.75, 3.05) is 0 Å². The van der Waals surface area contributed by atoms with Gasteiger partial charge in [-0.15, -0.1) is 11.3 Å². The van der Waals surface area contributed by atoms with Gasteiger partial charge in [-0.2, -0.15) is 0 Å². The number of nitrogens with one attached hydrogen (secondary N) is 1. The molecule has 1 N–H and O–H groups in total. The number of fused-ring (bicyclic) bond motifs is 2. The summed E-state index contributed by atoms with van der Waals surface area (Å²) >= 11 is 5.15. The van der Waals surface area contributed by atoms with Crippen molar-refractivity contribution in [3.8, 4) is 10.7 Å². The number of hydrogen-bond donors (Lipinski definition) is 1. The predicted octanol–water partition coefficient (Wildman–Crippen LogP) is 4.60. The van der Waals surface area contributed by atoms with Crippen molar-refractivity contribution < 1.29 is 0 Å². The van der Waals surface area contributed by atoms with E-state index in [1.807, 2.05) is 6.07 Å². The predicted molar refractivity (Wildman–Crippen MR) is 82.4 cm³/mol. The van der Waals surface area contributed by atoms with Crippen LogP contribution in [0, 0.1) is 0 Å². The van der Waals surface area contributed by atoms with Gasteiger partial charge in [-0.05, 0) is 39.5 Å². The number of rotatable bonds is 1. The van der Waals surface area contributed by atoms with Gasteiger partial charge in [-0.3, -0.25) is 0 Å². The molecule has 0 unspecified atom stereocenters. The molecule has 0 aliphatic heterocycles. The number of imidazole rings is 1. The molecule has 3 aromatic heterocycles. The van der Waals surface area contributed by atoms with Crippen LogP contribution in [0.3, 0.4) is 0 Å². The van der Waals surface area contributed by atoms with Crippen molar-refractivity contribution in [1.82, 2.24) is 15.0 Å². The molecule has 0 saturated heterocycles. The Morgan fingerprint density at radius 1 is 1.16 bits per heavy atom. The second-order valence-electron chi connectivity index (χ2n) is 4.26. The fraction of sp³-hybridized carbons (Fsp3) is 0. The lowest BCUT2D eigenvalue weighted by Crippen LogP contribution is -1.75. The van der Waals surface area contributed by atoms with Gasteiger partial charge in [0, 0.05) is 15.4 Å². The van der Waals surface area contributed by atoms with E-state index in [9.17, 15) is 0 Å². The molecule has 19 heavy (non-hydrogen) atoms. The number of thiophene rings is 1. The monoisotopic (exact) mass is 329 g/mol. The first-order valence-corrected chi connectivity index (χ1v) is 7.41. The Morgan fingerprint density at radius 2 is 2.05 bits per heavy atom. The highest BCUT2D eigenvalue weighted by Gasteiger charge is 2.09. The lowest BCUT2D eigenvalue weighted by atomic mass is 10.2. The number of aromatic amines is 1. The van der Waals surface area contributed by atoms with E-state index in [1.54, 1.807) is 17.5 Å². The van der Waals surface area contributed by atoms with Crippen molar-refractivity contribution in [2.24, 2.45) is 0 Å². The Labute approximate surface area is 121 Å². The highest BCUT2D eigenvalue weighted by Crippen LogP contribution is 2.32. The molecule has 4 aromatic rings. The van der Waals surface area contributed by atoms with Crippen LogP contribution in [-0.4, -0.2) is 15.0 Å². The number of pyridine rings is 1. The molecular formula is C14H8BrN3S. The summed E-state index contributed by atoms with van der Waals surface area (Å²) in [6.45, 7) is 0. The lowest BCUT2D eigenvalue weighted by Gasteiger charge is -1.87. The summed E-state index contributed by atoms with van der Waals surface area (Å²) in [6.07, 6.45) is 1.76. The third kappa shape index (κ3) is 1.86. The van der Waals surface area contributed by atoms with Crippen LogP contribution in [0.1, 0.15) is 0 Å². The number of halogens is 1. The van der Waals surface area contributed by atoms with Gasteiger partial charge in [0.25, 0.3) is 0 Å². The van der Waals surface area contributed by atoms with E-state index in [0.717, 1.165) is 26.3 Å². The zero-order valence-corrected chi connectivity index (χ0v) is 12.1. The van der Waals surface area contributed by atoms with Crippen LogP contribution in [0.15, 0.2) is 47.1 Å². The van der Waals surface area contributed by atoms with E-state index in [0.29, 0.717) is 0 Å². The average molecular weight is 330 g/mol. The van der Waals surface area contributed by atoms with Crippen LogP contribution >= 0.6 is 27.3 Å². The zero-order chi connectivity index (χ0) is 12.8. The second-order valence-corrected chi connectivity index (χ2v) is 6.26. The molecule has 0 saturated carbocycles. The van der Waals surface area contributed by atoms with Crippen molar-refractivity contribution >= 4 is 48.5 Å². The molecule has 92 valence electrons. The summed E-state index contributed by atoms with van der Waals surface area (Å²) in [5, 5.41) is 1.25. The molecule has 0 radical (unpaired) electrons. The van der Waals surface area contributed by atoms with Crippen LogP contribution in [0.2, 0.25) is 0 Å². The van der Waals surface area contributed by atoms with Crippen molar-refractivity contribution in [2.45, 2.75) is 0 Å². The Morgan fingerprint density at radius 3 is 2.95 bits per heavy atom. The number of nitrogens with zero attached hydrogens (tertiary/aromatic N) is 2. The van der Waals surface area contributed by atoms with E-state index in [4.69, 9.17) is 0 Å². The summed E-state index contributed by atoms with van der Waals surface area (Å²) in [4.78, 5) is 13.3. The van der Waals surface area contributed by atoms with Gasteiger partial charge < -0.3 is 4.98 Å². The molecular weight excluding hydrogens is 322 g/mol. The highest BCUT2D eigenvalue weighted by molar-refractivity contribution is 9.10. The summed E-state index contributed by atoms with van der Waals surface area (Å²) in [5.74, 6) is 0.877. The van der Waals surface area contributed by atoms with Crippen molar-refractivity contribution in [1.29, 1.82) is 0 Å². The third-order valence-electron chi connectivity index (χ3n) is 2.96. The molecule has 0 atom stereocenters. The Kier molecular flexibility index (Phi) is 2.43. The van der Waals surface area contributed by atoms with Gasteiger partial charge >= 0.3 is 0 Å². The second kappa shape index (κ2) is 4.15. The minimum absolute atomic E-state index is 0.746. The molecule has 0 aliphatic rings. The summed E-state index contributed by atoms with van der Waals surface area (Å²) < 4.78 is 2.22. The minimum Gasteiger partial charge on any atom is -0.336 e. The van der Waals surface area contributed by atoms with Crippen molar-refractivity contribution in [3.05, 3.63) is 47.1 Å². The number of benzene rings is 1. The van der Waals surface area contributed by atoms with Gasteiger partial charge in [0.05, 0.1) is 10.4 Å².